The SMILES string of the molecule is CCC(=O)Nc1nc(C)c(-c2ccc(OC)c(S(=O)(=O)NCCNC(=O)OC(C)(C)C)c2)s1. The van der Waals surface area contributed by atoms with Gasteiger partial charge in [0.1, 0.15) is 16.2 Å². The molecule has 0 aliphatic carbocycles. The van der Waals surface area contributed by atoms with Crippen LogP contribution in [0.25, 0.3) is 10.4 Å². The van der Waals surface area contributed by atoms with Gasteiger partial charge in [-0.05, 0) is 51.5 Å². The van der Waals surface area contributed by atoms with Gasteiger partial charge < -0.3 is 20.1 Å². The summed E-state index contributed by atoms with van der Waals surface area (Å²) in [4.78, 5) is 28.4. The van der Waals surface area contributed by atoms with Crippen molar-refractivity contribution in [1.82, 2.24) is 15.0 Å². The fourth-order valence-electron chi connectivity index (χ4n) is 2.70. The van der Waals surface area contributed by atoms with E-state index >= 15 is 0 Å². The highest BCUT2D eigenvalue weighted by molar-refractivity contribution is 7.89. The number of nitrogens with one attached hydrogen (secondary N) is 3. The number of alkyl carbamates (subject to hydrolysis) is 1. The number of thiazole rings is 1. The van der Waals surface area contributed by atoms with Crippen LogP contribution in [0.3, 0.4) is 0 Å². The number of carbonyl (C=O) groups is 2. The number of anilines is 1. The molecule has 1 aromatic heterocycles. The van der Waals surface area contributed by atoms with Crippen LogP contribution in [0.2, 0.25) is 0 Å². The maximum absolute atomic E-state index is 12.9. The highest BCUT2D eigenvalue weighted by atomic mass is 32.2. The maximum atomic E-state index is 12.9. The summed E-state index contributed by atoms with van der Waals surface area (Å²) in [5, 5.41) is 5.66. The van der Waals surface area contributed by atoms with E-state index in [1.54, 1.807) is 46.8 Å². The van der Waals surface area contributed by atoms with Gasteiger partial charge in [-0.1, -0.05) is 18.3 Å². The zero-order valence-corrected chi connectivity index (χ0v) is 21.2. The van der Waals surface area contributed by atoms with Gasteiger partial charge in [-0.2, -0.15) is 0 Å². The van der Waals surface area contributed by atoms with E-state index in [-0.39, 0.29) is 29.6 Å². The molecule has 0 saturated heterocycles. The second kappa shape index (κ2) is 10.9. The van der Waals surface area contributed by atoms with E-state index in [2.05, 4.69) is 20.3 Å². The summed E-state index contributed by atoms with van der Waals surface area (Å²) in [5.41, 5.74) is 0.635. The smallest absolute Gasteiger partial charge is 0.407 e. The fourth-order valence-corrected chi connectivity index (χ4v) is 4.90. The van der Waals surface area contributed by atoms with Crippen molar-refractivity contribution in [3.63, 3.8) is 0 Å². The van der Waals surface area contributed by atoms with Crippen LogP contribution in [-0.4, -0.2) is 51.2 Å². The molecule has 0 atom stereocenters. The molecule has 0 aliphatic heterocycles. The molecule has 0 radical (unpaired) electrons. The summed E-state index contributed by atoms with van der Waals surface area (Å²) in [7, 11) is -2.56. The van der Waals surface area contributed by atoms with Crippen molar-refractivity contribution in [2.45, 2.75) is 51.5 Å². The molecule has 2 aromatic rings. The third-order valence-electron chi connectivity index (χ3n) is 4.16. The summed E-state index contributed by atoms with van der Waals surface area (Å²) in [6.45, 7) is 8.74. The molecule has 0 spiro atoms. The van der Waals surface area contributed by atoms with Crippen LogP contribution in [0.4, 0.5) is 9.93 Å². The molecule has 0 bridgehead atoms. The minimum atomic E-state index is -3.95. The molecule has 2 amide bonds. The van der Waals surface area contributed by atoms with Crippen molar-refractivity contribution in [2.24, 2.45) is 0 Å². The molecule has 2 rings (SSSR count). The monoisotopic (exact) mass is 498 g/mol. The molecule has 1 aromatic carbocycles. The molecule has 0 unspecified atom stereocenters. The predicted octanol–water partition coefficient (Wildman–Crippen LogP) is 3.28. The molecule has 12 heteroatoms. The summed E-state index contributed by atoms with van der Waals surface area (Å²) in [6, 6.07) is 4.79. The molecule has 33 heavy (non-hydrogen) atoms. The van der Waals surface area contributed by atoms with Crippen molar-refractivity contribution in [3.8, 4) is 16.2 Å². The molecule has 182 valence electrons. The van der Waals surface area contributed by atoms with Crippen LogP contribution in [0.5, 0.6) is 5.75 Å². The second-order valence-electron chi connectivity index (χ2n) is 8.03. The van der Waals surface area contributed by atoms with Gasteiger partial charge in [-0.15, -0.1) is 0 Å². The number of hydrogen-bond donors (Lipinski definition) is 3. The lowest BCUT2D eigenvalue weighted by Crippen LogP contribution is -2.37. The molecule has 0 saturated carbocycles. The topological polar surface area (TPSA) is 136 Å². The minimum absolute atomic E-state index is 0.0399. The number of nitrogens with zero attached hydrogens (tertiary/aromatic N) is 1. The standard InChI is InChI=1S/C21H30N4O6S2/c1-7-17(26)25-19-24-13(2)18(32-19)14-8-9-15(30-6)16(12-14)33(28,29)23-11-10-22-20(27)31-21(3,4)5/h8-9,12,23H,7,10-11H2,1-6H3,(H,22,27)(H,24,25,26). The lowest BCUT2D eigenvalue weighted by atomic mass is 10.1. The number of ether oxygens (including phenoxy) is 2. The van der Waals surface area contributed by atoms with Crippen LogP contribution < -0.4 is 20.1 Å². The molecular formula is C21H30N4O6S2. The first-order valence-electron chi connectivity index (χ1n) is 10.3. The van der Waals surface area contributed by atoms with Gasteiger partial charge in [-0.3, -0.25) is 4.79 Å². The first-order valence-corrected chi connectivity index (χ1v) is 12.6. The Labute approximate surface area is 198 Å². The maximum Gasteiger partial charge on any atom is 0.407 e. The molecule has 3 N–H and O–H groups in total. The van der Waals surface area contributed by atoms with Gasteiger partial charge in [0, 0.05) is 19.5 Å². The number of hydrogen-bond acceptors (Lipinski definition) is 8. The molecule has 0 fully saturated rings. The Morgan fingerprint density at radius 1 is 1.18 bits per heavy atom. The van der Waals surface area contributed by atoms with E-state index in [1.165, 1.54) is 24.5 Å². The highest BCUT2D eigenvalue weighted by Crippen LogP contribution is 2.36. The fraction of sp³-hybridized carbons (Fsp3) is 0.476. The lowest BCUT2D eigenvalue weighted by molar-refractivity contribution is -0.115. The van der Waals surface area contributed by atoms with Gasteiger partial charge in [0.25, 0.3) is 0 Å². The minimum Gasteiger partial charge on any atom is -0.495 e. The zero-order valence-electron chi connectivity index (χ0n) is 19.6. The van der Waals surface area contributed by atoms with E-state index in [0.29, 0.717) is 22.8 Å². The summed E-state index contributed by atoms with van der Waals surface area (Å²) in [5.74, 6) is 0.0190. The molecule has 10 nitrogen and oxygen atoms in total. The van der Waals surface area contributed by atoms with Crippen molar-refractivity contribution in [2.75, 3.05) is 25.5 Å². The predicted molar refractivity (Wildman–Crippen MR) is 127 cm³/mol. The quantitative estimate of drug-likeness (QED) is 0.451. The van der Waals surface area contributed by atoms with Crippen molar-refractivity contribution >= 4 is 38.5 Å². The number of methoxy groups -OCH3 is 1. The summed E-state index contributed by atoms with van der Waals surface area (Å²) >= 11 is 1.26. The normalized spacial score (nSPS) is 11.7. The number of rotatable bonds is 9. The van der Waals surface area contributed by atoms with Crippen LogP contribution in [0.1, 0.15) is 39.8 Å². The number of aryl methyl sites for hydroxylation is 1. The van der Waals surface area contributed by atoms with E-state index in [0.717, 1.165) is 4.88 Å². The van der Waals surface area contributed by atoms with Crippen LogP contribution in [0.15, 0.2) is 23.1 Å². The Balaban J connectivity index is 2.18. The number of aromatic nitrogens is 1. The van der Waals surface area contributed by atoms with E-state index in [4.69, 9.17) is 9.47 Å². The number of benzene rings is 1. The largest absolute Gasteiger partial charge is 0.495 e. The van der Waals surface area contributed by atoms with Gasteiger partial charge in [-0.25, -0.2) is 22.9 Å². The van der Waals surface area contributed by atoms with E-state index in [9.17, 15) is 18.0 Å². The van der Waals surface area contributed by atoms with Gasteiger partial charge >= 0.3 is 6.09 Å². The lowest BCUT2D eigenvalue weighted by Gasteiger charge is -2.19. The Bertz CT molecular complexity index is 1110. The third kappa shape index (κ3) is 7.69. The molecular weight excluding hydrogens is 468 g/mol. The van der Waals surface area contributed by atoms with Crippen molar-refractivity contribution in [3.05, 3.63) is 23.9 Å². The second-order valence-corrected chi connectivity index (χ2v) is 10.8. The Hall–Kier alpha value is -2.70. The number of amides is 2. The van der Waals surface area contributed by atoms with Crippen LogP contribution in [0, 0.1) is 6.92 Å². The van der Waals surface area contributed by atoms with Crippen molar-refractivity contribution in [1.29, 1.82) is 0 Å². The summed E-state index contributed by atoms with van der Waals surface area (Å²) in [6.07, 6.45) is -0.305. The number of carbonyl (C=O) groups excluding carboxylic acids is 2. The number of sulfonamides is 1. The Morgan fingerprint density at radius 3 is 2.48 bits per heavy atom. The summed E-state index contributed by atoms with van der Waals surface area (Å²) < 4.78 is 38.7. The van der Waals surface area contributed by atoms with Crippen molar-refractivity contribution < 1.29 is 27.5 Å². The first-order chi connectivity index (χ1) is 15.4. The first kappa shape index (κ1) is 26.6. The highest BCUT2D eigenvalue weighted by Gasteiger charge is 2.22. The van der Waals surface area contributed by atoms with E-state index in [1.807, 2.05) is 0 Å². The average molecular weight is 499 g/mol. The van der Waals surface area contributed by atoms with Gasteiger partial charge in [0.2, 0.25) is 15.9 Å². The Morgan fingerprint density at radius 2 is 1.88 bits per heavy atom. The van der Waals surface area contributed by atoms with Crippen LogP contribution >= 0.6 is 11.3 Å². The Kier molecular flexibility index (Phi) is 8.81. The van der Waals surface area contributed by atoms with Gasteiger partial charge in [0.15, 0.2) is 5.13 Å². The molecule has 1 heterocycles. The third-order valence-corrected chi connectivity index (χ3v) is 6.77. The van der Waals surface area contributed by atoms with Crippen LogP contribution in [-0.2, 0) is 19.6 Å². The van der Waals surface area contributed by atoms with E-state index < -0.39 is 21.7 Å². The zero-order chi connectivity index (χ0) is 24.8. The average Bonchev–Trinajstić information content (AvgIpc) is 3.09. The molecule has 0 aliphatic rings. The van der Waals surface area contributed by atoms with Gasteiger partial charge in [0.05, 0.1) is 17.7 Å².